The molecule has 2 rings (SSSR count). The fraction of sp³-hybridized carbons (Fsp3) is 0.571. The van der Waals surface area contributed by atoms with E-state index >= 15 is 0 Å². The Labute approximate surface area is 166 Å². The predicted molar refractivity (Wildman–Crippen MR) is 103 cm³/mol. The molecule has 1 aromatic carbocycles. The third-order valence-corrected chi connectivity index (χ3v) is 4.26. The van der Waals surface area contributed by atoms with E-state index in [1.165, 1.54) is 13.2 Å². The summed E-state index contributed by atoms with van der Waals surface area (Å²) in [5.41, 5.74) is 0.933. The van der Waals surface area contributed by atoms with Crippen molar-refractivity contribution in [2.45, 2.75) is 51.0 Å². The lowest BCUT2D eigenvalue weighted by Gasteiger charge is -2.30. The van der Waals surface area contributed by atoms with Gasteiger partial charge in [0.15, 0.2) is 5.79 Å². The molecule has 0 N–H and O–H groups in total. The average molecular weight is 394 g/mol. The van der Waals surface area contributed by atoms with Crippen molar-refractivity contribution in [3.05, 3.63) is 48.0 Å². The van der Waals surface area contributed by atoms with Gasteiger partial charge >= 0.3 is 5.97 Å². The van der Waals surface area contributed by atoms with E-state index in [0.717, 1.165) is 5.56 Å². The standard InChI is InChI=1S/C21H30O7/c1-6-25-16(12-13-17(22)24-5)19-20(28-21(2,3)27-19)18(26-14-23-4)15-10-8-7-9-11-15/h7-13,16,18-20H,6,14H2,1-5H3/b13-12-/t16-,18+,19+,20+/m0/s1. The zero-order chi connectivity index (χ0) is 20.6. The summed E-state index contributed by atoms with van der Waals surface area (Å²) in [5.74, 6) is -1.30. The lowest BCUT2D eigenvalue weighted by atomic mass is 9.97. The van der Waals surface area contributed by atoms with Crippen molar-refractivity contribution >= 4 is 5.97 Å². The molecule has 4 atom stereocenters. The number of methoxy groups -OCH3 is 2. The van der Waals surface area contributed by atoms with Gasteiger partial charge < -0.3 is 28.4 Å². The summed E-state index contributed by atoms with van der Waals surface area (Å²) < 4.78 is 34.0. The quantitative estimate of drug-likeness (QED) is 0.343. The molecule has 0 bridgehead atoms. The number of carbonyl (C=O) groups is 1. The number of rotatable bonds is 10. The number of esters is 1. The normalized spacial score (nSPS) is 23.6. The summed E-state index contributed by atoms with van der Waals surface area (Å²) in [4.78, 5) is 11.6. The highest BCUT2D eigenvalue weighted by molar-refractivity contribution is 5.81. The van der Waals surface area contributed by atoms with Crippen LogP contribution in [0.25, 0.3) is 0 Å². The van der Waals surface area contributed by atoms with Crippen molar-refractivity contribution in [1.82, 2.24) is 0 Å². The van der Waals surface area contributed by atoms with Crippen LogP contribution in [0.15, 0.2) is 42.5 Å². The first-order valence-corrected chi connectivity index (χ1v) is 9.30. The Morgan fingerprint density at radius 2 is 1.82 bits per heavy atom. The van der Waals surface area contributed by atoms with Gasteiger partial charge in [0.25, 0.3) is 0 Å². The molecular weight excluding hydrogens is 364 g/mol. The van der Waals surface area contributed by atoms with Crippen molar-refractivity contribution in [2.75, 3.05) is 27.6 Å². The highest BCUT2D eigenvalue weighted by Crippen LogP contribution is 2.39. The first kappa shape index (κ1) is 22.5. The summed E-state index contributed by atoms with van der Waals surface area (Å²) >= 11 is 0. The molecule has 1 aliphatic heterocycles. The zero-order valence-electron chi connectivity index (χ0n) is 17.1. The molecule has 1 aromatic rings. The minimum absolute atomic E-state index is 0.101. The summed E-state index contributed by atoms with van der Waals surface area (Å²) in [6, 6.07) is 9.74. The highest BCUT2D eigenvalue weighted by atomic mass is 16.8. The maximum Gasteiger partial charge on any atom is 0.330 e. The van der Waals surface area contributed by atoms with E-state index in [1.807, 2.05) is 51.1 Å². The number of hydrogen-bond donors (Lipinski definition) is 0. The summed E-state index contributed by atoms with van der Waals surface area (Å²) in [5, 5.41) is 0. The van der Waals surface area contributed by atoms with Gasteiger partial charge in [-0.3, -0.25) is 0 Å². The molecule has 7 heteroatoms. The molecule has 0 radical (unpaired) electrons. The minimum Gasteiger partial charge on any atom is -0.466 e. The van der Waals surface area contributed by atoms with E-state index in [0.29, 0.717) is 6.61 Å². The van der Waals surface area contributed by atoms with E-state index in [1.54, 1.807) is 13.2 Å². The van der Waals surface area contributed by atoms with Gasteiger partial charge in [0, 0.05) is 19.8 Å². The maximum atomic E-state index is 11.6. The van der Waals surface area contributed by atoms with Crippen LogP contribution >= 0.6 is 0 Å². The molecule has 1 saturated heterocycles. The smallest absolute Gasteiger partial charge is 0.330 e. The topological polar surface area (TPSA) is 72.5 Å². The van der Waals surface area contributed by atoms with Gasteiger partial charge in [-0.25, -0.2) is 4.79 Å². The maximum absolute atomic E-state index is 11.6. The molecule has 1 fully saturated rings. The number of carbonyl (C=O) groups excluding carboxylic acids is 1. The van der Waals surface area contributed by atoms with E-state index in [-0.39, 0.29) is 6.79 Å². The molecule has 1 aliphatic rings. The van der Waals surface area contributed by atoms with E-state index < -0.39 is 36.2 Å². The zero-order valence-corrected chi connectivity index (χ0v) is 17.1. The van der Waals surface area contributed by atoms with Crippen LogP contribution in [0.2, 0.25) is 0 Å². The number of benzene rings is 1. The molecule has 1 heterocycles. The molecule has 0 aromatic heterocycles. The molecule has 28 heavy (non-hydrogen) atoms. The first-order chi connectivity index (χ1) is 13.4. The second kappa shape index (κ2) is 10.7. The molecule has 7 nitrogen and oxygen atoms in total. The SMILES string of the molecule is CCO[C@@H](/C=C\C(=O)OC)[C@H]1OC(C)(C)O[C@@H]1[C@H](OCOC)c1ccccc1. The van der Waals surface area contributed by atoms with E-state index in [9.17, 15) is 4.79 Å². The Kier molecular flexibility index (Phi) is 8.59. The Morgan fingerprint density at radius 3 is 2.43 bits per heavy atom. The summed E-state index contributed by atoms with van der Waals surface area (Å²) in [6.07, 6.45) is 1.02. The van der Waals surface area contributed by atoms with Crippen molar-refractivity contribution in [1.29, 1.82) is 0 Å². The lowest BCUT2D eigenvalue weighted by molar-refractivity contribution is -0.172. The van der Waals surface area contributed by atoms with Crippen LogP contribution in [0.3, 0.4) is 0 Å². The van der Waals surface area contributed by atoms with Crippen LogP contribution in [-0.2, 0) is 33.2 Å². The van der Waals surface area contributed by atoms with Gasteiger partial charge in [-0.15, -0.1) is 0 Å². The molecule has 0 unspecified atom stereocenters. The van der Waals surface area contributed by atoms with Crippen molar-refractivity contribution < 1.29 is 33.2 Å². The lowest BCUT2D eigenvalue weighted by Crippen LogP contribution is -2.40. The largest absolute Gasteiger partial charge is 0.466 e. The van der Waals surface area contributed by atoms with Gasteiger partial charge in [-0.1, -0.05) is 30.3 Å². The van der Waals surface area contributed by atoms with Crippen molar-refractivity contribution in [3.8, 4) is 0 Å². The monoisotopic (exact) mass is 394 g/mol. The van der Waals surface area contributed by atoms with Gasteiger partial charge in [0.2, 0.25) is 0 Å². The Balaban J connectivity index is 2.35. The third kappa shape index (κ3) is 6.12. The van der Waals surface area contributed by atoms with Crippen LogP contribution in [0.4, 0.5) is 0 Å². The first-order valence-electron chi connectivity index (χ1n) is 9.30. The molecular formula is C21H30O7. The van der Waals surface area contributed by atoms with Crippen molar-refractivity contribution in [3.63, 3.8) is 0 Å². The fourth-order valence-electron chi connectivity index (χ4n) is 3.16. The molecule has 0 amide bonds. The van der Waals surface area contributed by atoms with Crippen LogP contribution < -0.4 is 0 Å². The molecule has 0 saturated carbocycles. The predicted octanol–water partition coefficient (Wildman–Crippen LogP) is 3.00. The van der Waals surface area contributed by atoms with E-state index in [4.69, 9.17) is 23.7 Å². The summed E-state index contributed by atoms with van der Waals surface area (Å²) in [7, 11) is 2.89. The molecule has 156 valence electrons. The number of hydrogen-bond acceptors (Lipinski definition) is 7. The second-order valence-electron chi connectivity index (χ2n) is 6.77. The second-order valence-corrected chi connectivity index (χ2v) is 6.77. The summed E-state index contributed by atoms with van der Waals surface area (Å²) in [6.45, 7) is 6.10. The van der Waals surface area contributed by atoms with Crippen LogP contribution in [0.5, 0.6) is 0 Å². The Hall–Kier alpha value is -1.77. The molecule has 0 spiro atoms. The van der Waals surface area contributed by atoms with Crippen LogP contribution in [0, 0.1) is 0 Å². The van der Waals surface area contributed by atoms with E-state index in [2.05, 4.69) is 4.74 Å². The van der Waals surface area contributed by atoms with Gasteiger partial charge in [-0.05, 0) is 32.4 Å². The molecule has 0 aliphatic carbocycles. The average Bonchev–Trinajstić information content (AvgIpc) is 3.01. The van der Waals surface area contributed by atoms with Gasteiger partial charge in [-0.2, -0.15) is 0 Å². The minimum atomic E-state index is -0.840. The Bertz CT molecular complexity index is 629. The highest BCUT2D eigenvalue weighted by Gasteiger charge is 2.49. The number of ether oxygens (including phenoxy) is 6. The Morgan fingerprint density at radius 1 is 1.14 bits per heavy atom. The fourth-order valence-corrected chi connectivity index (χ4v) is 3.16. The van der Waals surface area contributed by atoms with Crippen molar-refractivity contribution in [2.24, 2.45) is 0 Å². The third-order valence-electron chi connectivity index (χ3n) is 4.26. The van der Waals surface area contributed by atoms with Crippen LogP contribution in [0.1, 0.15) is 32.4 Å². The van der Waals surface area contributed by atoms with Gasteiger partial charge in [0.1, 0.15) is 31.2 Å². The van der Waals surface area contributed by atoms with Crippen LogP contribution in [-0.4, -0.2) is 57.7 Å². The van der Waals surface area contributed by atoms with Gasteiger partial charge in [0.05, 0.1) is 7.11 Å².